The van der Waals surface area contributed by atoms with E-state index in [0.717, 1.165) is 18.3 Å². The summed E-state index contributed by atoms with van der Waals surface area (Å²) in [5, 5.41) is 11.8. The standard InChI is InChI=1S/C33H58O3Si/c1-21(2)17-24(34)18-22(3)28-20-29(35)30-26-12-11-23-19-25(36-37(9,10)31(4,5)6)13-15-32(23,7)27(26)14-16-33(28,30)8/h18,21,23,25-30,35H,11-17,19-20H2,1-10H3/b22-18+/t23-,25-,26+,27-,28+,29+,30+,32-,33+/m0/s1. The molecule has 0 amide bonds. The van der Waals surface area contributed by atoms with Crippen molar-refractivity contribution in [1.82, 2.24) is 0 Å². The van der Waals surface area contributed by atoms with Crippen LogP contribution in [0.2, 0.25) is 18.1 Å². The van der Waals surface area contributed by atoms with Crippen molar-refractivity contribution in [2.45, 2.75) is 144 Å². The molecule has 0 radical (unpaired) electrons. The van der Waals surface area contributed by atoms with Crippen molar-refractivity contribution in [2.24, 2.45) is 46.3 Å². The van der Waals surface area contributed by atoms with Crippen molar-refractivity contribution >= 4 is 14.1 Å². The van der Waals surface area contributed by atoms with Crippen LogP contribution in [-0.2, 0) is 9.22 Å². The molecule has 0 unspecified atom stereocenters. The van der Waals surface area contributed by atoms with Crippen LogP contribution in [0.5, 0.6) is 0 Å². The molecule has 0 aromatic rings. The summed E-state index contributed by atoms with van der Waals surface area (Å²) in [6.07, 6.45) is 12.3. The van der Waals surface area contributed by atoms with Gasteiger partial charge in [-0.3, -0.25) is 4.79 Å². The second-order valence-corrected chi connectivity index (χ2v) is 21.0. The van der Waals surface area contributed by atoms with E-state index in [-0.39, 0.29) is 22.3 Å². The van der Waals surface area contributed by atoms with Gasteiger partial charge in [0, 0.05) is 12.5 Å². The predicted molar refractivity (Wildman–Crippen MR) is 157 cm³/mol. The van der Waals surface area contributed by atoms with E-state index in [1.165, 1.54) is 50.5 Å². The van der Waals surface area contributed by atoms with Crippen LogP contribution in [0.25, 0.3) is 0 Å². The maximum absolute atomic E-state index is 12.6. The number of fused-ring (bicyclic) bond motifs is 5. The van der Waals surface area contributed by atoms with E-state index in [2.05, 4.69) is 68.5 Å². The van der Waals surface area contributed by atoms with E-state index in [0.29, 0.717) is 41.6 Å². The molecule has 0 aromatic carbocycles. The third-order valence-corrected chi connectivity index (χ3v) is 17.0. The number of aliphatic hydroxyl groups is 1. The van der Waals surface area contributed by atoms with Crippen LogP contribution < -0.4 is 0 Å². The van der Waals surface area contributed by atoms with E-state index in [9.17, 15) is 9.90 Å². The topological polar surface area (TPSA) is 46.5 Å². The largest absolute Gasteiger partial charge is 0.414 e. The lowest BCUT2D eigenvalue weighted by atomic mass is 9.44. The average Bonchev–Trinajstić information content (AvgIpc) is 3.03. The van der Waals surface area contributed by atoms with Crippen LogP contribution >= 0.6 is 0 Å². The quantitative estimate of drug-likeness (QED) is 0.276. The molecule has 4 fully saturated rings. The summed E-state index contributed by atoms with van der Waals surface area (Å²) >= 11 is 0. The first kappa shape index (κ1) is 29.5. The van der Waals surface area contributed by atoms with Gasteiger partial charge in [0.2, 0.25) is 0 Å². The lowest BCUT2D eigenvalue weighted by Gasteiger charge is -2.61. The Kier molecular flexibility index (Phi) is 8.13. The van der Waals surface area contributed by atoms with Crippen molar-refractivity contribution in [3.63, 3.8) is 0 Å². The molecule has 9 atom stereocenters. The molecule has 4 aliphatic rings. The number of aliphatic hydroxyl groups excluding tert-OH is 1. The van der Waals surface area contributed by atoms with Gasteiger partial charge < -0.3 is 9.53 Å². The zero-order valence-corrected chi connectivity index (χ0v) is 26.8. The van der Waals surface area contributed by atoms with E-state index < -0.39 is 8.32 Å². The molecule has 212 valence electrons. The minimum absolute atomic E-state index is 0.116. The number of hydrogen-bond acceptors (Lipinski definition) is 3. The highest BCUT2D eigenvalue weighted by Crippen LogP contribution is 2.68. The van der Waals surface area contributed by atoms with Gasteiger partial charge in [-0.15, -0.1) is 0 Å². The molecule has 0 aliphatic heterocycles. The van der Waals surface area contributed by atoms with Gasteiger partial charge in [-0.25, -0.2) is 0 Å². The smallest absolute Gasteiger partial charge is 0.192 e. The number of carbonyl (C=O) groups is 1. The Bertz CT molecular complexity index is 884. The highest BCUT2D eigenvalue weighted by molar-refractivity contribution is 6.74. The van der Waals surface area contributed by atoms with E-state index in [1.54, 1.807) is 0 Å². The van der Waals surface area contributed by atoms with Crippen LogP contribution in [0.4, 0.5) is 0 Å². The summed E-state index contributed by atoms with van der Waals surface area (Å²) in [5.41, 5.74) is 1.72. The first-order valence-corrected chi connectivity index (χ1v) is 18.5. The number of ketones is 1. The molecule has 0 aromatic heterocycles. The number of hydrogen-bond donors (Lipinski definition) is 1. The summed E-state index contributed by atoms with van der Waals surface area (Å²) in [4.78, 5) is 12.6. The predicted octanol–water partition coefficient (Wildman–Crippen LogP) is 8.57. The lowest BCUT2D eigenvalue weighted by molar-refractivity contribution is -0.137. The van der Waals surface area contributed by atoms with E-state index >= 15 is 0 Å². The van der Waals surface area contributed by atoms with Crippen molar-refractivity contribution in [1.29, 1.82) is 0 Å². The summed E-state index contributed by atoms with van der Waals surface area (Å²) < 4.78 is 6.94. The maximum Gasteiger partial charge on any atom is 0.192 e. The molecule has 3 nitrogen and oxygen atoms in total. The van der Waals surface area contributed by atoms with E-state index in [1.807, 2.05) is 6.08 Å². The zero-order chi connectivity index (χ0) is 27.6. The number of allylic oxidation sites excluding steroid dienone is 2. The Balaban J connectivity index is 1.50. The van der Waals surface area contributed by atoms with E-state index in [4.69, 9.17) is 4.43 Å². The third kappa shape index (κ3) is 5.34. The Morgan fingerprint density at radius 2 is 1.70 bits per heavy atom. The maximum atomic E-state index is 12.6. The molecule has 4 aliphatic carbocycles. The highest BCUT2D eigenvalue weighted by atomic mass is 28.4. The van der Waals surface area contributed by atoms with Crippen molar-refractivity contribution in [2.75, 3.05) is 0 Å². The molecule has 0 spiro atoms. The summed E-state index contributed by atoms with van der Waals surface area (Å²) in [6.45, 7) is 23.3. The van der Waals surface area contributed by atoms with Gasteiger partial charge in [0.05, 0.1) is 6.10 Å². The Labute approximate surface area is 229 Å². The van der Waals surface area contributed by atoms with Crippen LogP contribution in [-0.4, -0.2) is 31.4 Å². The van der Waals surface area contributed by atoms with Gasteiger partial charge in [-0.2, -0.15) is 0 Å². The molecule has 0 heterocycles. The van der Waals surface area contributed by atoms with Crippen molar-refractivity contribution in [3.8, 4) is 0 Å². The fourth-order valence-corrected chi connectivity index (χ4v) is 10.9. The third-order valence-electron chi connectivity index (χ3n) is 12.4. The van der Waals surface area contributed by atoms with Gasteiger partial charge in [-0.1, -0.05) is 54.0 Å². The second-order valence-electron chi connectivity index (χ2n) is 16.2. The van der Waals surface area contributed by atoms with Gasteiger partial charge in [0.15, 0.2) is 14.1 Å². The minimum Gasteiger partial charge on any atom is -0.414 e. The Hall–Kier alpha value is -0.453. The molecule has 37 heavy (non-hydrogen) atoms. The van der Waals surface area contributed by atoms with Crippen molar-refractivity contribution < 1.29 is 14.3 Å². The number of carbonyl (C=O) groups excluding carboxylic acids is 1. The molecule has 0 saturated heterocycles. The van der Waals surface area contributed by atoms with Crippen LogP contribution in [0.15, 0.2) is 11.6 Å². The Morgan fingerprint density at radius 3 is 2.32 bits per heavy atom. The molecule has 1 N–H and O–H groups in total. The number of rotatable bonds is 6. The molecule has 4 saturated carbocycles. The average molecular weight is 531 g/mol. The highest BCUT2D eigenvalue weighted by Gasteiger charge is 2.63. The van der Waals surface area contributed by atoms with Crippen molar-refractivity contribution in [3.05, 3.63) is 11.6 Å². The monoisotopic (exact) mass is 530 g/mol. The first-order valence-electron chi connectivity index (χ1n) is 15.6. The summed E-state index contributed by atoms with van der Waals surface area (Å²) in [5.74, 6) is 3.46. The molecule has 0 bridgehead atoms. The fraction of sp³-hybridized carbons (Fsp3) is 0.909. The summed E-state index contributed by atoms with van der Waals surface area (Å²) in [7, 11) is -1.75. The van der Waals surface area contributed by atoms with Crippen LogP contribution in [0.1, 0.15) is 113 Å². The van der Waals surface area contributed by atoms with Crippen LogP contribution in [0, 0.1) is 46.3 Å². The molecule has 4 heteroatoms. The van der Waals surface area contributed by atoms with Gasteiger partial charge >= 0.3 is 0 Å². The van der Waals surface area contributed by atoms with Gasteiger partial charge in [-0.05, 0) is 129 Å². The fourth-order valence-electron chi connectivity index (χ4n) is 9.51. The zero-order valence-electron chi connectivity index (χ0n) is 25.8. The molecular formula is C33H58O3Si. The lowest BCUT2D eigenvalue weighted by Crippen LogP contribution is -2.56. The molecular weight excluding hydrogens is 472 g/mol. The normalized spacial score (nSPS) is 42.8. The molecule has 4 rings (SSSR count). The second kappa shape index (κ2) is 10.2. The Morgan fingerprint density at radius 1 is 1.05 bits per heavy atom. The van der Waals surface area contributed by atoms with Gasteiger partial charge in [0.25, 0.3) is 0 Å². The van der Waals surface area contributed by atoms with Crippen LogP contribution in [0.3, 0.4) is 0 Å². The first-order chi connectivity index (χ1) is 17.0. The van der Waals surface area contributed by atoms with Gasteiger partial charge in [0.1, 0.15) is 0 Å². The summed E-state index contributed by atoms with van der Waals surface area (Å²) in [6, 6.07) is 0. The SMILES string of the molecule is C/C(=C\C(=O)CC(C)C)[C@H]1C[C@@H](O)[C@H]2[C@@H]3CC[C@H]4C[C@@H](O[Si](C)(C)C(C)(C)C)CC[C@]4(C)[C@H]3CC[C@@]21C. The minimum atomic E-state index is -1.75.